The van der Waals surface area contributed by atoms with Gasteiger partial charge in [0, 0.05) is 25.8 Å². The van der Waals surface area contributed by atoms with Crippen LogP contribution in [0.3, 0.4) is 0 Å². The highest BCUT2D eigenvalue weighted by Gasteiger charge is 2.07. The molecule has 1 aromatic rings. The lowest BCUT2D eigenvalue weighted by Gasteiger charge is -2.23. The first-order valence-electron chi connectivity index (χ1n) is 7.70. The van der Waals surface area contributed by atoms with Gasteiger partial charge in [-0.25, -0.2) is 0 Å². The molecule has 0 radical (unpaired) electrons. The van der Waals surface area contributed by atoms with Crippen LogP contribution in [0.4, 0.5) is 5.69 Å². The molecule has 0 saturated carbocycles. The van der Waals surface area contributed by atoms with Crippen LogP contribution in [0.2, 0.25) is 0 Å². The summed E-state index contributed by atoms with van der Waals surface area (Å²) < 4.78 is 0. The van der Waals surface area contributed by atoms with Gasteiger partial charge < -0.3 is 10.2 Å². The maximum Gasteiger partial charge on any atom is 0.0409 e. The summed E-state index contributed by atoms with van der Waals surface area (Å²) in [6.07, 6.45) is 5.07. The summed E-state index contributed by atoms with van der Waals surface area (Å²) in [7, 11) is 2.21. The van der Waals surface area contributed by atoms with E-state index in [4.69, 9.17) is 0 Å². The molecule has 0 aliphatic carbocycles. The Balaban J connectivity index is 2.68. The molecule has 0 aliphatic rings. The Morgan fingerprint density at radius 1 is 1.11 bits per heavy atom. The second kappa shape index (κ2) is 8.98. The highest BCUT2D eigenvalue weighted by Crippen LogP contribution is 2.21. The van der Waals surface area contributed by atoms with Crippen LogP contribution < -0.4 is 10.2 Å². The van der Waals surface area contributed by atoms with Crippen LogP contribution in [0, 0.1) is 6.92 Å². The van der Waals surface area contributed by atoms with E-state index in [1.807, 2.05) is 0 Å². The largest absolute Gasteiger partial charge is 0.374 e. The maximum absolute atomic E-state index is 3.51. The van der Waals surface area contributed by atoms with E-state index in [2.05, 4.69) is 56.2 Å². The molecule has 0 atom stereocenters. The van der Waals surface area contributed by atoms with E-state index in [1.165, 1.54) is 42.5 Å². The fraction of sp³-hybridized carbons (Fsp3) is 0.647. The molecule has 0 heterocycles. The summed E-state index contributed by atoms with van der Waals surface area (Å²) in [5.41, 5.74) is 4.15. The molecule has 108 valence electrons. The van der Waals surface area contributed by atoms with Gasteiger partial charge in [0.15, 0.2) is 0 Å². The number of benzene rings is 1. The van der Waals surface area contributed by atoms with E-state index in [-0.39, 0.29) is 0 Å². The van der Waals surface area contributed by atoms with Crippen molar-refractivity contribution in [3.8, 4) is 0 Å². The third-order valence-corrected chi connectivity index (χ3v) is 3.49. The smallest absolute Gasteiger partial charge is 0.0409 e. The van der Waals surface area contributed by atoms with E-state index in [1.54, 1.807) is 0 Å². The van der Waals surface area contributed by atoms with Crippen molar-refractivity contribution in [3.63, 3.8) is 0 Å². The molecule has 1 aromatic carbocycles. The number of aryl methyl sites for hydroxylation is 1. The molecule has 1 N–H and O–H groups in total. The average Bonchev–Trinajstić information content (AvgIpc) is 2.39. The van der Waals surface area contributed by atoms with Gasteiger partial charge in [-0.1, -0.05) is 44.4 Å². The SMILES string of the molecule is CCCCCN(C)c1ccc(C)cc1CNCCC. The van der Waals surface area contributed by atoms with Gasteiger partial charge >= 0.3 is 0 Å². The van der Waals surface area contributed by atoms with Crippen LogP contribution in [0.15, 0.2) is 18.2 Å². The third-order valence-electron chi connectivity index (χ3n) is 3.49. The molecule has 2 nitrogen and oxygen atoms in total. The zero-order valence-corrected chi connectivity index (χ0v) is 13.1. The molecule has 1 rings (SSSR count). The molecule has 0 spiro atoms. The molecule has 2 heteroatoms. The average molecular weight is 262 g/mol. The first-order valence-corrected chi connectivity index (χ1v) is 7.70. The molecule has 0 amide bonds. The van der Waals surface area contributed by atoms with Crippen LogP contribution >= 0.6 is 0 Å². The van der Waals surface area contributed by atoms with Crippen molar-refractivity contribution >= 4 is 5.69 Å². The minimum absolute atomic E-state index is 0.975. The molecular formula is C17H30N2. The van der Waals surface area contributed by atoms with Crippen molar-refractivity contribution in [2.45, 2.75) is 53.0 Å². The second-order valence-electron chi connectivity index (χ2n) is 5.44. The number of rotatable bonds is 9. The topological polar surface area (TPSA) is 15.3 Å². The molecule has 0 fully saturated rings. The molecule has 0 unspecified atom stereocenters. The highest BCUT2D eigenvalue weighted by atomic mass is 15.1. The Morgan fingerprint density at radius 3 is 2.58 bits per heavy atom. The standard InChI is InChI=1S/C17H30N2/c1-5-7-8-12-19(4)17-10-9-15(3)13-16(17)14-18-11-6-2/h9-10,13,18H,5-8,11-12,14H2,1-4H3. The van der Waals surface area contributed by atoms with Gasteiger partial charge in [0.05, 0.1) is 0 Å². The van der Waals surface area contributed by atoms with Crippen molar-refractivity contribution < 1.29 is 0 Å². The molecule has 0 bridgehead atoms. The van der Waals surface area contributed by atoms with Crippen LogP contribution in [0.5, 0.6) is 0 Å². The summed E-state index contributed by atoms with van der Waals surface area (Å²) >= 11 is 0. The van der Waals surface area contributed by atoms with Crippen molar-refractivity contribution in [2.75, 3.05) is 25.0 Å². The highest BCUT2D eigenvalue weighted by molar-refractivity contribution is 5.54. The molecule has 19 heavy (non-hydrogen) atoms. The molecule has 0 saturated heterocycles. The first kappa shape index (κ1) is 16.0. The Morgan fingerprint density at radius 2 is 1.89 bits per heavy atom. The van der Waals surface area contributed by atoms with Crippen molar-refractivity contribution in [2.24, 2.45) is 0 Å². The zero-order chi connectivity index (χ0) is 14.1. The zero-order valence-electron chi connectivity index (χ0n) is 13.1. The lowest BCUT2D eigenvalue weighted by atomic mass is 10.1. The summed E-state index contributed by atoms with van der Waals surface area (Å²) in [6, 6.07) is 6.80. The van der Waals surface area contributed by atoms with Gasteiger partial charge in [-0.3, -0.25) is 0 Å². The lowest BCUT2D eigenvalue weighted by molar-refractivity contribution is 0.669. The monoisotopic (exact) mass is 262 g/mol. The first-order chi connectivity index (χ1) is 9.19. The van der Waals surface area contributed by atoms with Crippen LogP contribution in [-0.4, -0.2) is 20.1 Å². The quantitative estimate of drug-likeness (QED) is 0.673. The Kier molecular flexibility index (Phi) is 7.57. The summed E-state index contributed by atoms with van der Waals surface area (Å²) in [5.74, 6) is 0. The van der Waals surface area contributed by atoms with Gasteiger partial charge in [0.25, 0.3) is 0 Å². The van der Waals surface area contributed by atoms with Crippen molar-refractivity contribution in [3.05, 3.63) is 29.3 Å². The van der Waals surface area contributed by atoms with Crippen LogP contribution in [0.1, 0.15) is 50.7 Å². The van der Waals surface area contributed by atoms with Crippen molar-refractivity contribution in [1.29, 1.82) is 0 Å². The summed E-state index contributed by atoms with van der Waals surface area (Å²) in [5, 5.41) is 3.51. The predicted molar refractivity (Wildman–Crippen MR) is 86.0 cm³/mol. The summed E-state index contributed by atoms with van der Waals surface area (Å²) in [4.78, 5) is 2.40. The fourth-order valence-electron chi connectivity index (χ4n) is 2.35. The van der Waals surface area contributed by atoms with Crippen molar-refractivity contribution in [1.82, 2.24) is 5.32 Å². The van der Waals surface area contributed by atoms with Gasteiger partial charge in [0.1, 0.15) is 0 Å². The third kappa shape index (κ3) is 5.65. The molecule has 0 aromatic heterocycles. The normalized spacial score (nSPS) is 10.7. The second-order valence-corrected chi connectivity index (χ2v) is 5.44. The van der Waals surface area contributed by atoms with Gasteiger partial charge in [0.2, 0.25) is 0 Å². The maximum atomic E-state index is 3.51. The van der Waals surface area contributed by atoms with Gasteiger partial charge in [-0.2, -0.15) is 0 Å². The fourth-order valence-corrected chi connectivity index (χ4v) is 2.35. The van der Waals surface area contributed by atoms with E-state index >= 15 is 0 Å². The van der Waals surface area contributed by atoms with Gasteiger partial charge in [-0.15, -0.1) is 0 Å². The number of hydrogen-bond acceptors (Lipinski definition) is 2. The predicted octanol–water partition coefficient (Wildman–Crippen LogP) is 4.12. The summed E-state index contributed by atoms with van der Waals surface area (Å²) in [6.45, 7) is 9.85. The molecular weight excluding hydrogens is 232 g/mol. The van der Waals surface area contributed by atoms with Crippen LogP contribution in [0.25, 0.3) is 0 Å². The van der Waals surface area contributed by atoms with E-state index in [0.29, 0.717) is 0 Å². The number of hydrogen-bond donors (Lipinski definition) is 1. The molecule has 0 aliphatic heterocycles. The van der Waals surface area contributed by atoms with Gasteiger partial charge in [-0.05, 0) is 37.9 Å². The minimum atomic E-state index is 0.975. The lowest BCUT2D eigenvalue weighted by Crippen LogP contribution is -2.22. The number of anilines is 1. The Hall–Kier alpha value is -1.02. The Bertz CT molecular complexity index is 360. The number of nitrogens with one attached hydrogen (secondary N) is 1. The number of nitrogens with zero attached hydrogens (tertiary/aromatic N) is 1. The van der Waals surface area contributed by atoms with E-state index in [9.17, 15) is 0 Å². The van der Waals surface area contributed by atoms with E-state index < -0.39 is 0 Å². The Labute approximate surface area is 119 Å². The minimum Gasteiger partial charge on any atom is -0.374 e. The van der Waals surface area contributed by atoms with E-state index in [0.717, 1.165) is 19.6 Å². The van der Waals surface area contributed by atoms with Crippen LogP contribution in [-0.2, 0) is 6.54 Å². The number of unbranched alkanes of at least 4 members (excludes halogenated alkanes) is 2.